The molecule has 0 spiro atoms. The standard InChI is InChI=1S/C30H39N7O2/c1-18(2)14-22(19-8-9-19)29(39)36-13-11-20-16-33-24(15-21(20)17-36)28(38)35-26-7-5-6-23(34-26)27(32)37-25(31)10-12-30(37,3)4/h5-7,15-16,18-19,22,31-32H,8-14,17H2,1-4H3,(H,34,35,38)/t22-/m1/s1. The first-order valence-corrected chi connectivity index (χ1v) is 14.0. The quantitative estimate of drug-likeness (QED) is 0.349. The van der Waals surface area contributed by atoms with Gasteiger partial charge < -0.3 is 15.1 Å². The van der Waals surface area contributed by atoms with E-state index in [1.54, 1.807) is 35.4 Å². The highest BCUT2D eigenvalue weighted by atomic mass is 16.2. The van der Waals surface area contributed by atoms with E-state index >= 15 is 0 Å². The van der Waals surface area contributed by atoms with E-state index in [1.807, 2.05) is 18.7 Å². The molecule has 3 aliphatic rings. The summed E-state index contributed by atoms with van der Waals surface area (Å²) < 4.78 is 0. The lowest BCUT2D eigenvalue weighted by atomic mass is 9.90. The van der Waals surface area contributed by atoms with Gasteiger partial charge in [-0.25, -0.2) is 4.98 Å². The summed E-state index contributed by atoms with van der Waals surface area (Å²) in [6, 6.07) is 6.94. The van der Waals surface area contributed by atoms with Crippen molar-refractivity contribution in [2.75, 3.05) is 11.9 Å². The van der Waals surface area contributed by atoms with E-state index in [0.717, 1.165) is 43.2 Å². The van der Waals surface area contributed by atoms with Gasteiger partial charge in [-0.05, 0) is 87.1 Å². The number of likely N-dealkylation sites (tertiary alicyclic amines) is 1. The van der Waals surface area contributed by atoms with E-state index in [4.69, 9.17) is 10.8 Å². The number of hydrogen-bond donors (Lipinski definition) is 3. The third kappa shape index (κ3) is 5.72. The number of hydrogen-bond acceptors (Lipinski definition) is 6. The van der Waals surface area contributed by atoms with Crippen LogP contribution in [0, 0.1) is 28.6 Å². The minimum absolute atomic E-state index is 0.100. The van der Waals surface area contributed by atoms with Gasteiger partial charge >= 0.3 is 0 Å². The lowest BCUT2D eigenvalue weighted by Gasteiger charge is -2.33. The van der Waals surface area contributed by atoms with Crippen molar-refractivity contribution in [3.8, 4) is 0 Å². The van der Waals surface area contributed by atoms with Crippen LogP contribution in [0.25, 0.3) is 0 Å². The van der Waals surface area contributed by atoms with Crippen molar-refractivity contribution in [1.82, 2.24) is 19.8 Å². The molecule has 5 rings (SSSR count). The summed E-state index contributed by atoms with van der Waals surface area (Å²) in [6.45, 7) is 9.57. The molecule has 2 amide bonds. The van der Waals surface area contributed by atoms with Gasteiger partial charge in [0, 0.05) is 37.2 Å². The van der Waals surface area contributed by atoms with Gasteiger partial charge in [0.05, 0.1) is 0 Å². The number of nitrogens with zero attached hydrogens (tertiary/aromatic N) is 4. The first-order valence-electron chi connectivity index (χ1n) is 14.0. The van der Waals surface area contributed by atoms with Crippen LogP contribution in [0.3, 0.4) is 0 Å². The average molecular weight is 530 g/mol. The molecule has 1 saturated heterocycles. The van der Waals surface area contributed by atoms with Crippen molar-refractivity contribution in [1.29, 1.82) is 10.8 Å². The van der Waals surface area contributed by atoms with E-state index in [-0.39, 0.29) is 34.8 Å². The average Bonchev–Trinajstić information content (AvgIpc) is 3.71. The molecule has 0 unspecified atom stereocenters. The molecule has 0 aromatic carbocycles. The fourth-order valence-electron chi connectivity index (χ4n) is 5.87. The van der Waals surface area contributed by atoms with Gasteiger partial charge in [-0.1, -0.05) is 19.9 Å². The van der Waals surface area contributed by atoms with Gasteiger partial charge in [0.15, 0.2) is 5.84 Å². The molecule has 9 nitrogen and oxygen atoms in total. The summed E-state index contributed by atoms with van der Waals surface area (Å²) in [5.74, 6) is 1.84. The number of amides is 2. The van der Waals surface area contributed by atoms with E-state index in [2.05, 4.69) is 29.1 Å². The third-order valence-corrected chi connectivity index (χ3v) is 8.18. The summed E-state index contributed by atoms with van der Waals surface area (Å²) in [5, 5.41) is 19.8. The molecule has 2 fully saturated rings. The highest BCUT2D eigenvalue weighted by molar-refractivity contribution is 6.08. The monoisotopic (exact) mass is 529 g/mol. The van der Waals surface area contributed by atoms with Gasteiger partial charge in [0.2, 0.25) is 5.91 Å². The topological polar surface area (TPSA) is 126 Å². The summed E-state index contributed by atoms with van der Waals surface area (Å²) in [5.41, 5.74) is 2.38. The molecule has 2 aromatic rings. The van der Waals surface area contributed by atoms with Crippen molar-refractivity contribution in [3.05, 3.63) is 53.0 Å². The lowest BCUT2D eigenvalue weighted by Crippen LogP contribution is -2.45. The zero-order valence-electron chi connectivity index (χ0n) is 23.4. The molecule has 0 bridgehead atoms. The van der Waals surface area contributed by atoms with Crippen molar-refractivity contribution < 1.29 is 9.59 Å². The van der Waals surface area contributed by atoms with Crippen LogP contribution < -0.4 is 5.32 Å². The maximum absolute atomic E-state index is 13.4. The van der Waals surface area contributed by atoms with Crippen LogP contribution in [0.5, 0.6) is 0 Å². The molecule has 1 atom stereocenters. The van der Waals surface area contributed by atoms with Crippen LogP contribution in [0.2, 0.25) is 0 Å². The number of fused-ring (bicyclic) bond motifs is 1. The zero-order chi connectivity index (χ0) is 27.9. The molecule has 4 heterocycles. The molecular formula is C30H39N7O2. The SMILES string of the molecule is CC(C)C[C@@H](C(=O)N1CCc2cnc(C(=O)Nc3cccc(C(=N)N4C(=N)CCC4(C)C)n3)cc2C1)C1CC1. The summed E-state index contributed by atoms with van der Waals surface area (Å²) in [7, 11) is 0. The minimum atomic E-state index is -0.387. The van der Waals surface area contributed by atoms with E-state index in [9.17, 15) is 9.59 Å². The molecule has 9 heteroatoms. The predicted molar refractivity (Wildman–Crippen MR) is 151 cm³/mol. The minimum Gasteiger partial charge on any atom is -0.338 e. The Balaban J connectivity index is 1.28. The van der Waals surface area contributed by atoms with Crippen LogP contribution in [0.4, 0.5) is 5.82 Å². The van der Waals surface area contributed by atoms with Crippen LogP contribution in [0.1, 0.15) is 87.1 Å². The Hall–Kier alpha value is -3.62. The van der Waals surface area contributed by atoms with Gasteiger partial charge in [-0.15, -0.1) is 0 Å². The number of pyridine rings is 2. The Labute approximate surface area is 230 Å². The van der Waals surface area contributed by atoms with Crippen molar-refractivity contribution in [2.45, 2.75) is 78.3 Å². The molecule has 1 aliphatic carbocycles. The van der Waals surface area contributed by atoms with Gasteiger partial charge in [-0.2, -0.15) is 0 Å². The van der Waals surface area contributed by atoms with Gasteiger partial charge in [-0.3, -0.25) is 25.4 Å². The fraction of sp³-hybridized carbons (Fsp3) is 0.533. The number of carbonyl (C=O) groups excluding carboxylic acids is 2. The molecule has 3 N–H and O–H groups in total. The van der Waals surface area contributed by atoms with Gasteiger partial charge in [0.1, 0.15) is 23.0 Å². The number of anilines is 1. The fourth-order valence-corrected chi connectivity index (χ4v) is 5.87. The first kappa shape index (κ1) is 27.0. The maximum atomic E-state index is 13.4. The molecule has 2 aromatic heterocycles. The molecular weight excluding hydrogens is 490 g/mol. The van der Waals surface area contributed by atoms with E-state index in [1.165, 1.54) is 0 Å². The predicted octanol–water partition coefficient (Wildman–Crippen LogP) is 4.86. The number of nitrogens with one attached hydrogen (secondary N) is 3. The largest absolute Gasteiger partial charge is 0.338 e. The van der Waals surface area contributed by atoms with Crippen molar-refractivity contribution in [2.24, 2.45) is 17.8 Å². The van der Waals surface area contributed by atoms with Crippen LogP contribution in [-0.4, -0.2) is 55.3 Å². The normalized spacial score (nSPS) is 19.2. The Morgan fingerprint density at radius 1 is 1.15 bits per heavy atom. The van der Waals surface area contributed by atoms with Crippen molar-refractivity contribution >= 4 is 29.3 Å². The lowest BCUT2D eigenvalue weighted by molar-refractivity contribution is -0.137. The first-order chi connectivity index (χ1) is 18.5. The van der Waals surface area contributed by atoms with Crippen LogP contribution in [-0.2, 0) is 17.8 Å². The molecule has 1 saturated carbocycles. The Morgan fingerprint density at radius 3 is 2.59 bits per heavy atom. The van der Waals surface area contributed by atoms with Crippen LogP contribution >= 0.6 is 0 Å². The second-order valence-electron chi connectivity index (χ2n) is 12.2. The smallest absolute Gasteiger partial charge is 0.275 e. The number of aromatic nitrogens is 2. The Kier molecular flexibility index (Phi) is 7.27. The highest BCUT2D eigenvalue weighted by Crippen LogP contribution is 2.41. The number of rotatable bonds is 7. The molecule has 206 valence electrons. The van der Waals surface area contributed by atoms with E-state index in [0.29, 0.717) is 48.7 Å². The molecule has 2 aliphatic heterocycles. The maximum Gasteiger partial charge on any atom is 0.275 e. The second kappa shape index (κ2) is 10.5. The summed E-state index contributed by atoms with van der Waals surface area (Å²) in [6.07, 6.45) is 7.14. The number of amidine groups is 2. The Bertz CT molecular complexity index is 1310. The second-order valence-corrected chi connectivity index (χ2v) is 12.2. The Morgan fingerprint density at radius 2 is 1.92 bits per heavy atom. The summed E-state index contributed by atoms with van der Waals surface area (Å²) >= 11 is 0. The zero-order valence-corrected chi connectivity index (χ0v) is 23.4. The third-order valence-electron chi connectivity index (χ3n) is 8.18. The highest BCUT2D eigenvalue weighted by Gasteiger charge is 2.40. The number of carbonyl (C=O) groups is 2. The van der Waals surface area contributed by atoms with Crippen LogP contribution in [0.15, 0.2) is 30.5 Å². The molecule has 0 radical (unpaired) electrons. The van der Waals surface area contributed by atoms with Gasteiger partial charge in [0.25, 0.3) is 5.91 Å². The summed E-state index contributed by atoms with van der Waals surface area (Å²) in [4.78, 5) is 39.1. The van der Waals surface area contributed by atoms with E-state index < -0.39 is 0 Å². The van der Waals surface area contributed by atoms with Crippen molar-refractivity contribution in [3.63, 3.8) is 0 Å². The molecule has 39 heavy (non-hydrogen) atoms.